The van der Waals surface area contributed by atoms with Gasteiger partial charge in [-0.05, 0) is 24.3 Å². The molecule has 1 saturated heterocycles. The van der Waals surface area contributed by atoms with Gasteiger partial charge in [0.2, 0.25) is 5.91 Å². The van der Waals surface area contributed by atoms with Gasteiger partial charge in [-0.15, -0.1) is 0 Å². The van der Waals surface area contributed by atoms with Crippen molar-refractivity contribution in [3.8, 4) is 0 Å². The Morgan fingerprint density at radius 3 is 2.79 bits per heavy atom. The Labute approximate surface area is 121 Å². The number of hydrogen-bond donors (Lipinski definition) is 2. The van der Waals surface area contributed by atoms with Crippen LogP contribution in [-0.2, 0) is 4.79 Å². The van der Waals surface area contributed by atoms with Crippen molar-refractivity contribution in [2.45, 2.75) is 5.25 Å². The number of carbonyl (C=O) groups excluding carboxylic acids is 1. The third kappa shape index (κ3) is 5.42. The Balaban J connectivity index is 1.65. The van der Waals surface area contributed by atoms with Crippen LogP contribution in [0.3, 0.4) is 0 Å². The molecule has 104 valence electrons. The molecule has 0 aliphatic carbocycles. The fourth-order valence-corrected chi connectivity index (χ4v) is 4.39. The Morgan fingerprint density at radius 1 is 1.32 bits per heavy atom. The number of amides is 1. The third-order valence-electron chi connectivity index (χ3n) is 2.67. The van der Waals surface area contributed by atoms with Crippen LogP contribution in [0.25, 0.3) is 0 Å². The van der Waals surface area contributed by atoms with Gasteiger partial charge in [-0.3, -0.25) is 4.79 Å². The van der Waals surface area contributed by atoms with E-state index in [2.05, 4.69) is 10.6 Å². The van der Waals surface area contributed by atoms with Crippen LogP contribution in [-0.4, -0.2) is 41.5 Å². The van der Waals surface area contributed by atoms with E-state index in [-0.39, 0.29) is 11.7 Å². The molecular formula is C13H17FN2OS2. The number of benzene rings is 1. The van der Waals surface area contributed by atoms with Crippen LogP contribution >= 0.6 is 23.5 Å². The van der Waals surface area contributed by atoms with Gasteiger partial charge >= 0.3 is 0 Å². The number of halogens is 1. The predicted octanol–water partition coefficient (Wildman–Crippen LogP) is 2.20. The predicted molar refractivity (Wildman–Crippen MR) is 81.5 cm³/mol. The SMILES string of the molecule is O=C(CNCC1CSCCS1)Nc1ccc(F)cc1. The fraction of sp³-hybridized carbons (Fsp3) is 0.462. The summed E-state index contributed by atoms with van der Waals surface area (Å²) >= 11 is 3.93. The van der Waals surface area contributed by atoms with Crippen molar-refractivity contribution in [1.29, 1.82) is 0 Å². The lowest BCUT2D eigenvalue weighted by Crippen LogP contribution is -2.34. The van der Waals surface area contributed by atoms with E-state index in [4.69, 9.17) is 0 Å². The molecule has 1 amide bonds. The first-order valence-corrected chi connectivity index (χ1v) is 8.40. The Bertz CT molecular complexity index is 408. The summed E-state index contributed by atoms with van der Waals surface area (Å²) in [5.41, 5.74) is 0.621. The highest BCUT2D eigenvalue weighted by atomic mass is 32.2. The summed E-state index contributed by atoms with van der Waals surface area (Å²) in [5, 5.41) is 6.49. The highest BCUT2D eigenvalue weighted by molar-refractivity contribution is 8.06. The maximum atomic E-state index is 12.7. The molecule has 0 bridgehead atoms. The molecule has 1 aromatic rings. The Kier molecular flexibility index (Phi) is 6.00. The maximum Gasteiger partial charge on any atom is 0.238 e. The van der Waals surface area contributed by atoms with E-state index in [0.717, 1.165) is 12.3 Å². The average molecular weight is 300 g/mol. The van der Waals surface area contributed by atoms with Gasteiger partial charge in [0, 0.05) is 34.7 Å². The van der Waals surface area contributed by atoms with Gasteiger partial charge in [0.1, 0.15) is 5.82 Å². The standard InChI is InChI=1S/C13H17FN2OS2/c14-10-1-3-11(4-2-10)16-13(17)8-15-7-12-9-18-5-6-19-12/h1-4,12,15H,5-9H2,(H,16,17). The van der Waals surface area contributed by atoms with Crippen LogP contribution in [0.15, 0.2) is 24.3 Å². The van der Waals surface area contributed by atoms with Crippen molar-refractivity contribution in [2.75, 3.05) is 35.7 Å². The lowest BCUT2D eigenvalue weighted by molar-refractivity contribution is -0.115. The summed E-state index contributed by atoms with van der Waals surface area (Å²) in [5.74, 6) is 3.17. The first-order chi connectivity index (χ1) is 9.24. The summed E-state index contributed by atoms with van der Waals surface area (Å²) in [6.07, 6.45) is 0. The van der Waals surface area contributed by atoms with Gasteiger partial charge in [0.05, 0.1) is 6.54 Å². The van der Waals surface area contributed by atoms with Crippen LogP contribution in [0.4, 0.5) is 10.1 Å². The molecule has 3 nitrogen and oxygen atoms in total. The second-order valence-electron chi connectivity index (χ2n) is 4.25. The molecule has 0 saturated carbocycles. The lowest BCUT2D eigenvalue weighted by Gasteiger charge is -2.21. The minimum absolute atomic E-state index is 0.0972. The van der Waals surface area contributed by atoms with Crippen molar-refractivity contribution in [3.05, 3.63) is 30.1 Å². The number of hydrogen-bond acceptors (Lipinski definition) is 4. The molecule has 1 atom stereocenters. The molecule has 1 fully saturated rings. The second kappa shape index (κ2) is 7.77. The molecule has 0 radical (unpaired) electrons. The first-order valence-electron chi connectivity index (χ1n) is 6.19. The molecule has 1 heterocycles. The molecular weight excluding hydrogens is 283 g/mol. The average Bonchev–Trinajstić information content (AvgIpc) is 2.43. The smallest absolute Gasteiger partial charge is 0.238 e. The van der Waals surface area contributed by atoms with Crippen LogP contribution < -0.4 is 10.6 Å². The summed E-state index contributed by atoms with van der Waals surface area (Å²) in [6, 6.07) is 5.78. The van der Waals surface area contributed by atoms with Gasteiger partial charge in [-0.1, -0.05) is 0 Å². The summed E-state index contributed by atoms with van der Waals surface area (Å²) in [4.78, 5) is 11.7. The molecule has 2 N–H and O–H groups in total. The highest BCUT2D eigenvalue weighted by Crippen LogP contribution is 2.23. The van der Waals surface area contributed by atoms with E-state index in [0.29, 0.717) is 17.5 Å². The summed E-state index contributed by atoms with van der Waals surface area (Å²) < 4.78 is 12.7. The van der Waals surface area contributed by atoms with E-state index < -0.39 is 0 Å². The Hall–Kier alpha value is -0.720. The van der Waals surface area contributed by atoms with Crippen LogP contribution in [0.1, 0.15) is 0 Å². The van der Waals surface area contributed by atoms with Crippen LogP contribution in [0.2, 0.25) is 0 Å². The van der Waals surface area contributed by atoms with E-state index in [1.54, 1.807) is 12.1 Å². The molecule has 1 unspecified atom stereocenters. The van der Waals surface area contributed by atoms with Crippen molar-refractivity contribution >= 4 is 35.1 Å². The van der Waals surface area contributed by atoms with Gasteiger partial charge < -0.3 is 10.6 Å². The number of nitrogens with one attached hydrogen (secondary N) is 2. The van der Waals surface area contributed by atoms with Crippen molar-refractivity contribution < 1.29 is 9.18 Å². The zero-order valence-corrected chi connectivity index (χ0v) is 12.2. The van der Waals surface area contributed by atoms with E-state index in [1.807, 2.05) is 23.5 Å². The largest absolute Gasteiger partial charge is 0.325 e. The summed E-state index contributed by atoms with van der Waals surface area (Å²) in [6.45, 7) is 1.15. The second-order valence-corrected chi connectivity index (χ2v) is 6.81. The normalized spacial score (nSPS) is 19.1. The van der Waals surface area contributed by atoms with E-state index in [9.17, 15) is 9.18 Å². The zero-order valence-electron chi connectivity index (χ0n) is 10.5. The minimum Gasteiger partial charge on any atom is -0.325 e. The quantitative estimate of drug-likeness (QED) is 0.875. The minimum atomic E-state index is -0.303. The topological polar surface area (TPSA) is 41.1 Å². The zero-order chi connectivity index (χ0) is 13.5. The van der Waals surface area contributed by atoms with Gasteiger partial charge in [0.25, 0.3) is 0 Å². The van der Waals surface area contributed by atoms with Crippen molar-refractivity contribution in [1.82, 2.24) is 5.32 Å². The number of rotatable bonds is 5. The molecule has 1 aromatic carbocycles. The maximum absolute atomic E-state index is 12.7. The van der Waals surface area contributed by atoms with Gasteiger partial charge in [0.15, 0.2) is 0 Å². The lowest BCUT2D eigenvalue weighted by atomic mass is 10.3. The first kappa shape index (κ1) is 14.7. The molecule has 2 rings (SSSR count). The molecule has 1 aliphatic heterocycles. The van der Waals surface area contributed by atoms with Crippen LogP contribution in [0, 0.1) is 5.82 Å². The molecule has 0 aromatic heterocycles. The molecule has 1 aliphatic rings. The van der Waals surface area contributed by atoms with Crippen molar-refractivity contribution in [2.24, 2.45) is 0 Å². The molecule has 6 heteroatoms. The highest BCUT2D eigenvalue weighted by Gasteiger charge is 2.14. The number of thioether (sulfide) groups is 2. The van der Waals surface area contributed by atoms with E-state index in [1.165, 1.54) is 23.6 Å². The monoisotopic (exact) mass is 300 g/mol. The fourth-order valence-electron chi connectivity index (χ4n) is 1.74. The Morgan fingerprint density at radius 2 is 2.11 bits per heavy atom. The van der Waals surface area contributed by atoms with Crippen molar-refractivity contribution in [3.63, 3.8) is 0 Å². The number of anilines is 1. The number of carbonyl (C=O) groups is 1. The van der Waals surface area contributed by atoms with Gasteiger partial charge in [-0.25, -0.2) is 4.39 Å². The third-order valence-corrected chi connectivity index (χ3v) is 5.52. The van der Waals surface area contributed by atoms with Crippen LogP contribution in [0.5, 0.6) is 0 Å². The van der Waals surface area contributed by atoms with E-state index >= 15 is 0 Å². The molecule has 19 heavy (non-hydrogen) atoms. The molecule has 0 spiro atoms. The summed E-state index contributed by atoms with van der Waals surface area (Å²) in [7, 11) is 0. The van der Waals surface area contributed by atoms with Gasteiger partial charge in [-0.2, -0.15) is 23.5 Å².